The SMILES string of the molecule is c1ccc(Nc2nc(-c3cc4c(o3)CCNC4)c3cc[nH]c3n2)cc1. The van der Waals surface area contributed by atoms with Crippen molar-refractivity contribution in [1.82, 2.24) is 20.3 Å². The molecule has 1 aromatic carbocycles. The zero-order valence-electron chi connectivity index (χ0n) is 13.5. The lowest BCUT2D eigenvalue weighted by Gasteiger charge is -2.09. The van der Waals surface area contributed by atoms with E-state index < -0.39 is 0 Å². The molecule has 0 saturated heterocycles. The van der Waals surface area contributed by atoms with Crippen LogP contribution in [0.1, 0.15) is 11.3 Å². The summed E-state index contributed by atoms with van der Waals surface area (Å²) in [5.41, 5.74) is 3.75. The van der Waals surface area contributed by atoms with Crippen molar-refractivity contribution in [3.8, 4) is 11.5 Å². The largest absolute Gasteiger partial charge is 0.459 e. The van der Waals surface area contributed by atoms with Gasteiger partial charge in [-0.25, -0.2) is 4.98 Å². The van der Waals surface area contributed by atoms with E-state index in [4.69, 9.17) is 9.40 Å². The Morgan fingerprint density at radius 2 is 2.00 bits per heavy atom. The van der Waals surface area contributed by atoms with Crippen molar-refractivity contribution in [2.45, 2.75) is 13.0 Å². The molecule has 6 nitrogen and oxygen atoms in total. The third-order valence-corrected chi connectivity index (χ3v) is 4.42. The zero-order chi connectivity index (χ0) is 16.6. The Bertz CT molecular complexity index is 1010. The van der Waals surface area contributed by atoms with Gasteiger partial charge in [0.2, 0.25) is 5.95 Å². The van der Waals surface area contributed by atoms with Gasteiger partial charge in [0.05, 0.1) is 0 Å². The minimum absolute atomic E-state index is 0.545. The van der Waals surface area contributed by atoms with Crippen LogP contribution in [-0.2, 0) is 13.0 Å². The highest BCUT2D eigenvalue weighted by Crippen LogP contribution is 2.32. The van der Waals surface area contributed by atoms with E-state index >= 15 is 0 Å². The standard InChI is InChI=1S/C19H17N5O/c1-2-4-13(5-3-1)22-19-23-17(14-6-9-21-18(14)24-19)16-10-12-11-20-8-7-15(12)25-16/h1-6,9-10,20H,7-8,11H2,(H2,21,22,23,24). The van der Waals surface area contributed by atoms with Crippen molar-refractivity contribution in [2.24, 2.45) is 0 Å². The Morgan fingerprint density at radius 3 is 2.88 bits per heavy atom. The molecule has 4 aromatic rings. The fourth-order valence-corrected chi connectivity index (χ4v) is 3.20. The highest BCUT2D eigenvalue weighted by molar-refractivity contribution is 5.90. The average molecular weight is 331 g/mol. The van der Waals surface area contributed by atoms with E-state index in [2.05, 4.69) is 26.7 Å². The van der Waals surface area contributed by atoms with Gasteiger partial charge in [-0.1, -0.05) is 18.2 Å². The van der Waals surface area contributed by atoms with E-state index in [1.54, 1.807) is 0 Å². The predicted octanol–water partition coefficient (Wildman–Crippen LogP) is 3.61. The molecule has 0 aliphatic carbocycles. The minimum Gasteiger partial charge on any atom is -0.459 e. The van der Waals surface area contributed by atoms with E-state index in [0.717, 1.165) is 53.4 Å². The second kappa shape index (κ2) is 5.75. The molecule has 0 spiro atoms. The first-order valence-corrected chi connectivity index (χ1v) is 8.37. The molecule has 0 bridgehead atoms. The molecule has 3 aromatic heterocycles. The third-order valence-electron chi connectivity index (χ3n) is 4.42. The van der Waals surface area contributed by atoms with Crippen molar-refractivity contribution >= 4 is 22.7 Å². The van der Waals surface area contributed by atoms with Crippen LogP contribution in [0.5, 0.6) is 0 Å². The van der Waals surface area contributed by atoms with Gasteiger partial charge in [-0.3, -0.25) is 0 Å². The molecule has 1 aliphatic rings. The monoisotopic (exact) mass is 331 g/mol. The number of hydrogen-bond acceptors (Lipinski definition) is 5. The molecule has 0 unspecified atom stereocenters. The molecule has 0 saturated carbocycles. The Labute approximate surface area is 144 Å². The number of benzene rings is 1. The second-order valence-electron chi connectivity index (χ2n) is 6.11. The van der Waals surface area contributed by atoms with Crippen LogP contribution in [0.2, 0.25) is 0 Å². The van der Waals surface area contributed by atoms with E-state index in [0.29, 0.717) is 5.95 Å². The summed E-state index contributed by atoms with van der Waals surface area (Å²) in [7, 11) is 0. The van der Waals surface area contributed by atoms with Gasteiger partial charge in [-0.15, -0.1) is 0 Å². The van der Waals surface area contributed by atoms with Gasteiger partial charge in [0.15, 0.2) is 5.76 Å². The van der Waals surface area contributed by atoms with Crippen molar-refractivity contribution in [3.05, 3.63) is 60.0 Å². The Hall–Kier alpha value is -3.12. The van der Waals surface area contributed by atoms with Gasteiger partial charge in [0.1, 0.15) is 17.1 Å². The van der Waals surface area contributed by atoms with Crippen LogP contribution in [0.15, 0.2) is 53.1 Å². The fraction of sp³-hybridized carbons (Fsp3) is 0.158. The van der Waals surface area contributed by atoms with Gasteiger partial charge < -0.3 is 20.0 Å². The fourth-order valence-electron chi connectivity index (χ4n) is 3.20. The number of nitrogens with zero attached hydrogens (tertiary/aromatic N) is 2. The zero-order valence-corrected chi connectivity index (χ0v) is 13.5. The molecule has 0 fully saturated rings. The first-order chi connectivity index (χ1) is 12.4. The third kappa shape index (κ3) is 2.56. The molecule has 0 radical (unpaired) electrons. The van der Waals surface area contributed by atoms with Crippen molar-refractivity contribution in [3.63, 3.8) is 0 Å². The molecule has 4 heterocycles. The first kappa shape index (κ1) is 14.2. The average Bonchev–Trinajstić information content (AvgIpc) is 3.28. The predicted molar refractivity (Wildman–Crippen MR) is 96.7 cm³/mol. The number of anilines is 2. The van der Waals surface area contributed by atoms with Crippen LogP contribution < -0.4 is 10.6 Å². The van der Waals surface area contributed by atoms with Gasteiger partial charge in [-0.05, 0) is 24.3 Å². The highest BCUT2D eigenvalue weighted by atomic mass is 16.3. The summed E-state index contributed by atoms with van der Waals surface area (Å²) in [6.45, 7) is 1.79. The summed E-state index contributed by atoms with van der Waals surface area (Å²) in [6, 6.07) is 14.0. The summed E-state index contributed by atoms with van der Waals surface area (Å²) >= 11 is 0. The van der Waals surface area contributed by atoms with Crippen LogP contribution in [0.25, 0.3) is 22.5 Å². The first-order valence-electron chi connectivity index (χ1n) is 8.37. The molecule has 124 valence electrons. The summed E-state index contributed by atoms with van der Waals surface area (Å²) in [4.78, 5) is 12.5. The van der Waals surface area contributed by atoms with E-state index in [9.17, 15) is 0 Å². The van der Waals surface area contributed by atoms with Crippen LogP contribution in [0, 0.1) is 0 Å². The lowest BCUT2D eigenvalue weighted by Crippen LogP contribution is -2.22. The number of para-hydroxylation sites is 1. The van der Waals surface area contributed by atoms with E-state index in [-0.39, 0.29) is 0 Å². The molecule has 3 N–H and O–H groups in total. The Kier molecular flexibility index (Phi) is 3.28. The number of hydrogen-bond donors (Lipinski definition) is 3. The molecule has 0 atom stereocenters. The Morgan fingerprint density at radius 1 is 1.08 bits per heavy atom. The van der Waals surface area contributed by atoms with Crippen LogP contribution >= 0.6 is 0 Å². The molecule has 6 heteroatoms. The van der Waals surface area contributed by atoms with Gasteiger partial charge >= 0.3 is 0 Å². The number of aromatic amines is 1. The van der Waals surface area contributed by atoms with Gasteiger partial charge in [0, 0.05) is 42.3 Å². The maximum Gasteiger partial charge on any atom is 0.229 e. The summed E-state index contributed by atoms with van der Waals surface area (Å²) in [5.74, 6) is 2.38. The van der Waals surface area contributed by atoms with E-state index in [1.165, 1.54) is 5.56 Å². The summed E-state index contributed by atoms with van der Waals surface area (Å²) < 4.78 is 6.10. The van der Waals surface area contributed by atoms with Crippen molar-refractivity contribution in [1.29, 1.82) is 0 Å². The van der Waals surface area contributed by atoms with E-state index in [1.807, 2.05) is 42.6 Å². The number of rotatable bonds is 3. The van der Waals surface area contributed by atoms with Gasteiger partial charge in [0.25, 0.3) is 0 Å². The number of H-pyrrole nitrogens is 1. The van der Waals surface area contributed by atoms with Crippen molar-refractivity contribution in [2.75, 3.05) is 11.9 Å². The topological polar surface area (TPSA) is 78.8 Å². The smallest absolute Gasteiger partial charge is 0.229 e. The lowest BCUT2D eigenvalue weighted by atomic mass is 10.1. The summed E-state index contributed by atoms with van der Waals surface area (Å²) in [5, 5.41) is 7.59. The maximum absolute atomic E-state index is 6.10. The molecule has 0 amide bonds. The normalized spacial score (nSPS) is 13.8. The molecular weight excluding hydrogens is 314 g/mol. The molecule has 25 heavy (non-hydrogen) atoms. The van der Waals surface area contributed by atoms with Gasteiger partial charge in [-0.2, -0.15) is 4.98 Å². The number of furan rings is 1. The van der Waals surface area contributed by atoms with Crippen LogP contribution in [-0.4, -0.2) is 21.5 Å². The van der Waals surface area contributed by atoms with Crippen LogP contribution in [0.3, 0.4) is 0 Å². The molecule has 1 aliphatic heterocycles. The lowest BCUT2D eigenvalue weighted by molar-refractivity contribution is 0.483. The Balaban J connectivity index is 1.61. The van der Waals surface area contributed by atoms with Crippen molar-refractivity contribution < 1.29 is 4.42 Å². The molecular formula is C19H17N5O. The van der Waals surface area contributed by atoms with Crippen LogP contribution in [0.4, 0.5) is 11.6 Å². The quantitative estimate of drug-likeness (QED) is 0.534. The molecule has 5 rings (SSSR count). The number of fused-ring (bicyclic) bond motifs is 2. The highest BCUT2D eigenvalue weighted by Gasteiger charge is 2.19. The maximum atomic E-state index is 6.10. The summed E-state index contributed by atoms with van der Waals surface area (Å²) in [6.07, 6.45) is 2.78. The second-order valence-corrected chi connectivity index (χ2v) is 6.11. The minimum atomic E-state index is 0.545. The number of nitrogens with one attached hydrogen (secondary N) is 3. The number of aromatic nitrogens is 3.